The van der Waals surface area contributed by atoms with E-state index in [-0.39, 0.29) is 0 Å². The van der Waals surface area contributed by atoms with Gasteiger partial charge in [-0.1, -0.05) is 13.8 Å². The standard InChI is InChI=1S/C15H29NO2/c1-4-18-13-9-12(10-13)16-11-15(17)7-5-14(2,3)6-8-15/h12-13,16-17H,4-11H2,1-3H3. The molecular weight excluding hydrogens is 226 g/mol. The number of hydrogen-bond acceptors (Lipinski definition) is 3. The van der Waals surface area contributed by atoms with E-state index < -0.39 is 5.60 Å². The lowest BCUT2D eigenvalue weighted by Gasteiger charge is -2.43. The molecule has 2 N–H and O–H groups in total. The first-order valence-corrected chi connectivity index (χ1v) is 7.50. The molecule has 0 radical (unpaired) electrons. The summed E-state index contributed by atoms with van der Waals surface area (Å²) in [5.74, 6) is 0. The second kappa shape index (κ2) is 5.48. The summed E-state index contributed by atoms with van der Waals surface area (Å²) >= 11 is 0. The summed E-state index contributed by atoms with van der Waals surface area (Å²) < 4.78 is 5.55. The van der Waals surface area contributed by atoms with Crippen LogP contribution in [0.3, 0.4) is 0 Å². The molecule has 0 spiro atoms. The highest BCUT2D eigenvalue weighted by Crippen LogP contribution is 2.40. The second-order valence-corrected chi connectivity index (χ2v) is 7.02. The largest absolute Gasteiger partial charge is 0.389 e. The zero-order valence-corrected chi connectivity index (χ0v) is 12.2. The minimum atomic E-state index is -0.466. The lowest BCUT2D eigenvalue weighted by molar-refractivity contribution is -0.0426. The second-order valence-electron chi connectivity index (χ2n) is 7.02. The third-order valence-corrected chi connectivity index (χ3v) is 4.75. The Bertz CT molecular complexity index is 262. The van der Waals surface area contributed by atoms with E-state index in [0.29, 0.717) is 17.6 Å². The zero-order valence-electron chi connectivity index (χ0n) is 12.2. The highest BCUT2D eigenvalue weighted by Gasteiger charge is 2.38. The number of hydrogen-bond donors (Lipinski definition) is 2. The fraction of sp³-hybridized carbons (Fsp3) is 1.00. The van der Waals surface area contributed by atoms with Crippen LogP contribution >= 0.6 is 0 Å². The van der Waals surface area contributed by atoms with Crippen LogP contribution in [-0.4, -0.2) is 36.0 Å². The van der Waals surface area contributed by atoms with Gasteiger partial charge in [-0.15, -0.1) is 0 Å². The van der Waals surface area contributed by atoms with Crippen molar-refractivity contribution in [3.05, 3.63) is 0 Å². The minimum Gasteiger partial charge on any atom is -0.389 e. The lowest BCUT2D eigenvalue weighted by atomic mass is 9.71. The van der Waals surface area contributed by atoms with Crippen molar-refractivity contribution in [2.45, 2.75) is 77.0 Å². The SMILES string of the molecule is CCOC1CC(NCC2(O)CCC(C)(C)CC2)C1. The minimum absolute atomic E-state index is 0.419. The van der Waals surface area contributed by atoms with Crippen LogP contribution in [0.1, 0.15) is 59.3 Å². The predicted molar refractivity (Wildman–Crippen MR) is 73.6 cm³/mol. The van der Waals surface area contributed by atoms with Crippen LogP contribution in [0.4, 0.5) is 0 Å². The summed E-state index contributed by atoms with van der Waals surface area (Å²) in [6.45, 7) is 8.23. The molecule has 0 atom stereocenters. The molecule has 0 amide bonds. The number of nitrogens with one attached hydrogen (secondary N) is 1. The van der Waals surface area contributed by atoms with Gasteiger partial charge in [0.2, 0.25) is 0 Å². The van der Waals surface area contributed by atoms with Gasteiger partial charge in [-0.2, -0.15) is 0 Å². The van der Waals surface area contributed by atoms with Gasteiger partial charge in [0.25, 0.3) is 0 Å². The topological polar surface area (TPSA) is 41.5 Å². The van der Waals surface area contributed by atoms with Crippen LogP contribution in [0, 0.1) is 5.41 Å². The summed E-state index contributed by atoms with van der Waals surface area (Å²) in [6, 6.07) is 0.556. The maximum atomic E-state index is 10.5. The van der Waals surface area contributed by atoms with Crippen molar-refractivity contribution in [2.24, 2.45) is 5.41 Å². The highest BCUT2D eigenvalue weighted by atomic mass is 16.5. The van der Waals surface area contributed by atoms with Gasteiger partial charge in [-0.25, -0.2) is 0 Å². The molecule has 0 heterocycles. The van der Waals surface area contributed by atoms with Gasteiger partial charge < -0.3 is 15.2 Å². The Morgan fingerprint density at radius 2 is 1.78 bits per heavy atom. The Morgan fingerprint density at radius 3 is 2.33 bits per heavy atom. The number of aliphatic hydroxyl groups is 1. The quantitative estimate of drug-likeness (QED) is 0.793. The lowest BCUT2D eigenvalue weighted by Crippen LogP contribution is -2.52. The molecule has 106 valence electrons. The van der Waals surface area contributed by atoms with Gasteiger partial charge >= 0.3 is 0 Å². The van der Waals surface area contributed by atoms with E-state index in [1.165, 1.54) is 0 Å². The Hall–Kier alpha value is -0.120. The van der Waals surface area contributed by atoms with Gasteiger partial charge in [0.05, 0.1) is 11.7 Å². The molecule has 2 aliphatic rings. The van der Waals surface area contributed by atoms with E-state index in [4.69, 9.17) is 4.74 Å². The van der Waals surface area contributed by atoms with Crippen molar-refractivity contribution in [1.29, 1.82) is 0 Å². The van der Waals surface area contributed by atoms with E-state index in [0.717, 1.165) is 51.7 Å². The van der Waals surface area contributed by atoms with Crippen LogP contribution < -0.4 is 5.32 Å². The van der Waals surface area contributed by atoms with E-state index in [1.54, 1.807) is 0 Å². The van der Waals surface area contributed by atoms with Crippen LogP contribution in [0.25, 0.3) is 0 Å². The maximum Gasteiger partial charge on any atom is 0.0772 e. The molecule has 2 saturated carbocycles. The van der Waals surface area contributed by atoms with E-state index >= 15 is 0 Å². The first-order valence-electron chi connectivity index (χ1n) is 7.50. The smallest absolute Gasteiger partial charge is 0.0772 e. The molecule has 0 aliphatic heterocycles. The van der Waals surface area contributed by atoms with Crippen LogP contribution in [0.5, 0.6) is 0 Å². The van der Waals surface area contributed by atoms with Crippen LogP contribution in [0.2, 0.25) is 0 Å². The van der Waals surface area contributed by atoms with Gasteiger partial charge in [0.15, 0.2) is 0 Å². The van der Waals surface area contributed by atoms with E-state index in [2.05, 4.69) is 19.2 Å². The highest BCUT2D eigenvalue weighted by molar-refractivity contribution is 4.93. The van der Waals surface area contributed by atoms with Gasteiger partial charge in [-0.3, -0.25) is 0 Å². The first-order chi connectivity index (χ1) is 8.42. The zero-order chi connectivity index (χ0) is 13.2. The summed E-state index contributed by atoms with van der Waals surface area (Å²) in [5, 5.41) is 14.1. The van der Waals surface area contributed by atoms with E-state index in [9.17, 15) is 5.11 Å². The third-order valence-electron chi connectivity index (χ3n) is 4.75. The normalized spacial score (nSPS) is 34.0. The predicted octanol–water partition coefficient (Wildman–Crippen LogP) is 2.47. The third kappa shape index (κ3) is 3.69. The molecule has 0 saturated heterocycles. The maximum absolute atomic E-state index is 10.5. The molecule has 0 aromatic heterocycles. The van der Waals surface area contributed by atoms with Crippen molar-refractivity contribution < 1.29 is 9.84 Å². The fourth-order valence-electron chi connectivity index (χ4n) is 3.01. The van der Waals surface area contributed by atoms with Crippen molar-refractivity contribution in [3.8, 4) is 0 Å². The van der Waals surface area contributed by atoms with Gasteiger partial charge in [-0.05, 0) is 50.9 Å². The van der Waals surface area contributed by atoms with Crippen molar-refractivity contribution in [2.75, 3.05) is 13.2 Å². The molecular formula is C15H29NO2. The summed E-state index contributed by atoms with van der Waals surface area (Å²) in [4.78, 5) is 0. The molecule has 2 rings (SSSR count). The summed E-state index contributed by atoms with van der Waals surface area (Å²) in [5.41, 5.74) is -0.0466. The van der Waals surface area contributed by atoms with Crippen molar-refractivity contribution >= 4 is 0 Å². The Kier molecular flexibility index (Phi) is 4.35. The van der Waals surface area contributed by atoms with Crippen molar-refractivity contribution in [3.63, 3.8) is 0 Å². The van der Waals surface area contributed by atoms with Gasteiger partial charge in [0.1, 0.15) is 0 Å². The molecule has 2 aliphatic carbocycles. The molecule has 2 fully saturated rings. The molecule has 3 heteroatoms. The summed E-state index contributed by atoms with van der Waals surface area (Å²) in [6.07, 6.45) is 6.82. The molecule has 18 heavy (non-hydrogen) atoms. The average Bonchev–Trinajstić information content (AvgIpc) is 2.27. The first kappa shape index (κ1) is 14.3. The van der Waals surface area contributed by atoms with Crippen LogP contribution in [0.15, 0.2) is 0 Å². The molecule has 0 bridgehead atoms. The number of rotatable bonds is 5. The Morgan fingerprint density at radius 1 is 1.17 bits per heavy atom. The van der Waals surface area contributed by atoms with Gasteiger partial charge in [0, 0.05) is 19.2 Å². The average molecular weight is 255 g/mol. The van der Waals surface area contributed by atoms with Crippen LogP contribution in [-0.2, 0) is 4.74 Å². The Balaban J connectivity index is 1.65. The van der Waals surface area contributed by atoms with Crippen molar-refractivity contribution in [1.82, 2.24) is 5.32 Å². The molecule has 0 unspecified atom stereocenters. The van der Waals surface area contributed by atoms with E-state index in [1.807, 2.05) is 6.92 Å². The fourth-order valence-corrected chi connectivity index (χ4v) is 3.01. The molecule has 0 aromatic rings. The Labute approximate surface area is 111 Å². The molecule has 0 aromatic carbocycles. The molecule has 3 nitrogen and oxygen atoms in total. The monoisotopic (exact) mass is 255 g/mol. The number of ether oxygens (including phenoxy) is 1. The summed E-state index contributed by atoms with van der Waals surface area (Å²) in [7, 11) is 0.